The van der Waals surface area contributed by atoms with E-state index in [-0.39, 0.29) is 17.1 Å². The zero-order valence-corrected chi connectivity index (χ0v) is 7.10. The van der Waals surface area contributed by atoms with Crippen molar-refractivity contribution in [3.05, 3.63) is 0 Å². The summed E-state index contributed by atoms with van der Waals surface area (Å²) < 4.78 is 25.2. The van der Waals surface area contributed by atoms with Gasteiger partial charge in [-0.25, -0.2) is 5.14 Å². The van der Waals surface area contributed by atoms with E-state index >= 15 is 0 Å². The third kappa shape index (κ3) is 536. The summed E-state index contributed by atoms with van der Waals surface area (Å²) in [6.45, 7) is 0. The molecule has 10 heteroatoms. The van der Waals surface area contributed by atoms with Gasteiger partial charge >= 0.3 is 10.3 Å². The first kappa shape index (κ1) is 22.4. The minimum Gasteiger partial charge on any atom is -0.443 e. The van der Waals surface area contributed by atoms with E-state index < -0.39 is 10.3 Å². The molecule has 0 aromatic carbocycles. The number of aliphatic hydroxyl groups excluding tert-OH is 2. The molecule has 0 aliphatic carbocycles. The predicted octanol–water partition coefficient (Wildman–Crippen LogP) is -1.57. The van der Waals surface area contributed by atoms with Crippen molar-refractivity contribution in [3.63, 3.8) is 0 Å². The summed E-state index contributed by atoms with van der Waals surface area (Å²) in [7, 11) is -4.17. The van der Waals surface area contributed by atoms with E-state index in [1.165, 1.54) is 0 Å². The Morgan fingerprint density at radius 2 is 1.17 bits per heavy atom. The van der Waals surface area contributed by atoms with Crippen LogP contribution in [-0.2, 0) is 27.4 Å². The van der Waals surface area contributed by atoms with Crippen molar-refractivity contribution in [1.29, 1.82) is 10.5 Å². The quantitative estimate of drug-likeness (QED) is 0.227. The molecule has 0 aliphatic rings. The monoisotopic (exact) mass is 246 g/mol. The van der Waals surface area contributed by atoms with Crippen LogP contribution in [0.1, 0.15) is 0 Å². The van der Waals surface area contributed by atoms with Gasteiger partial charge in [-0.1, -0.05) is 0 Å². The van der Waals surface area contributed by atoms with Crippen molar-refractivity contribution in [2.45, 2.75) is 0 Å². The first-order valence-corrected chi connectivity index (χ1v) is 3.15. The minimum absolute atomic E-state index is 0. The van der Waals surface area contributed by atoms with Crippen molar-refractivity contribution < 1.29 is 40.3 Å². The predicted molar refractivity (Wildman–Crippen MR) is 30.8 cm³/mol. The third-order valence-corrected chi connectivity index (χ3v) is 0. The number of nitrogens with two attached hydrogens (primary N) is 1. The first-order chi connectivity index (χ1) is 4.83. The molecule has 0 amide bonds. The number of rotatable bonds is 0. The van der Waals surface area contributed by atoms with E-state index in [4.69, 9.17) is 33.7 Å². The largest absolute Gasteiger partial charge is 0.443 e. The van der Waals surface area contributed by atoms with E-state index in [9.17, 15) is 0 Å². The average Bonchev–Trinajstić information content (AvgIpc) is 1.62. The molecule has 0 aromatic heterocycles. The first-order valence-electron chi connectivity index (χ1n) is 1.65. The molecular weight excluding hydrogens is 242 g/mol. The summed E-state index contributed by atoms with van der Waals surface area (Å²) in [6, 6.07) is 0. The van der Waals surface area contributed by atoms with Crippen molar-refractivity contribution in [2.24, 2.45) is 5.14 Å². The fourth-order valence-electron chi connectivity index (χ4n) is 0. The summed E-state index contributed by atoms with van der Waals surface area (Å²) in [5.41, 5.74) is 0. The van der Waals surface area contributed by atoms with Gasteiger partial charge in [-0.15, -0.1) is 0 Å². The Bertz CT molecular complexity index is 216. The van der Waals surface area contributed by atoms with Crippen LogP contribution >= 0.6 is 0 Å². The van der Waals surface area contributed by atoms with Gasteiger partial charge in [0.25, 0.3) is 12.5 Å². The molecule has 5 N–H and O–H groups in total. The summed E-state index contributed by atoms with van der Waals surface area (Å²) >= 11 is 0. The van der Waals surface area contributed by atoms with Gasteiger partial charge < -0.3 is 10.2 Å². The molecule has 0 unspecified atom stereocenters. The van der Waals surface area contributed by atoms with Crippen LogP contribution in [0.2, 0.25) is 0 Å². The zero-order valence-electron chi connectivity index (χ0n) is 5.34. The molecule has 75 valence electrons. The zero-order chi connectivity index (χ0) is 9.91. The summed E-state index contributed by atoms with van der Waals surface area (Å²) in [5.74, 6) is 0. The minimum atomic E-state index is -4.17. The van der Waals surface area contributed by atoms with Crippen molar-refractivity contribution in [1.82, 2.24) is 0 Å². The molecule has 0 heterocycles. The molecule has 0 saturated heterocycles. The summed E-state index contributed by atoms with van der Waals surface area (Å²) in [4.78, 5) is 0. The molecule has 0 bridgehead atoms. The van der Waals surface area contributed by atoms with E-state index in [0.29, 0.717) is 0 Å². The molecule has 0 aliphatic heterocycles. The van der Waals surface area contributed by atoms with Crippen LogP contribution in [0.3, 0.4) is 0 Å². The topological polar surface area (TPSA) is 168 Å². The fourth-order valence-corrected chi connectivity index (χ4v) is 0. The number of hydrogen-bond donors (Lipinski definition) is 4. The molecule has 0 aromatic rings. The van der Waals surface area contributed by atoms with Crippen molar-refractivity contribution in [3.8, 4) is 12.5 Å². The van der Waals surface area contributed by atoms with Gasteiger partial charge in [0.1, 0.15) is 0 Å². The van der Waals surface area contributed by atoms with Crippen molar-refractivity contribution >= 4 is 10.3 Å². The summed E-state index contributed by atoms with van der Waals surface area (Å²) in [6.07, 6.45) is 1.50. The Kier molecular flexibility index (Phi) is 30.9. The van der Waals surface area contributed by atoms with Gasteiger partial charge in [0, 0.05) is 17.1 Å². The van der Waals surface area contributed by atoms with Crippen LogP contribution in [0.25, 0.3) is 0 Å². The average molecular weight is 247 g/mol. The van der Waals surface area contributed by atoms with E-state index in [0.717, 1.165) is 12.5 Å². The molecule has 12 heavy (non-hydrogen) atoms. The molecule has 0 fully saturated rings. The molecule has 1 radical (unpaired) electrons. The number of nitriles is 2. The fraction of sp³-hybridized carbons (Fsp3) is 0. The second-order valence-corrected chi connectivity index (χ2v) is 1.74. The van der Waals surface area contributed by atoms with Gasteiger partial charge in [0.15, 0.2) is 0 Å². The Labute approximate surface area is 79.2 Å². The van der Waals surface area contributed by atoms with Crippen LogP contribution < -0.4 is 5.14 Å². The molecule has 0 rings (SSSR count). The van der Waals surface area contributed by atoms with E-state index in [1.807, 2.05) is 0 Å². The molecule has 0 saturated carbocycles. The van der Waals surface area contributed by atoms with Gasteiger partial charge in [-0.3, -0.25) is 4.55 Å². The maximum absolute atomic E-state index is 8.97. The van der Waals surface area contributed by atoms with Crippen LogP contribution in [-0.4, -0.2) is 23.2 Å². The van der Waals surface area contributed by atoms with E-state index in [1.54, 1.807) is 0 Å². The van der Waals surface area contributed by atoms with Crippen LogP contribution in [0.15, 0.2) is 0 Å². The molecule has 0 atom stereocenters. The summed E-state index contributed by atoms with van der Waals surface area (Å²) in [5, 5.41) is 31.4. The Balaban J connectivity index is -0.0000000406. The number of hydrogen-bond acceptors (Lipinski definition) is 6. The van der Waals surface area contributed by atoms with Gasteiger partial charge in [0.05, 0.1) is 0 Å². The molecular formula is C2H5CuN3O5S. The van der Waals surface area contributed by atoms with Crippen LogP contribution in [0, 0.1) is 23.0 Å². The Hall–Kier alpha value is -1.03. The normalized spacial score (nSPS) is 6.00. The molecule has 0 spiro atoms. The van der Waals surface area contributed by atoms with Gasteiger partial charge in [-0.05, 0) is 0 Å². The Morgan fingerprint density at radius 3 is 1.17 bits per heavy atom. The smallest absolute Gasteiger partial charge is 0.330 e. The van der Waals surface area contributed by atoms with Crippen LogP contribution in [0.4, 0.5) is 0 Å². The van der Waals surface area contributed by atoms with Crippen LogP contribution in [0.5, 0.6) is 0 Å². The maximum Gasteiger partial charge on any atom is 0.330 e. The number of nitrogens with zero attached hydrogens (tertiary/aromatic N) is 2. The third-order valence-electron chi connectivity index (χ3n) is 0. The maximum atomic E-state index is 8.97. The van der Waals surface area contributed by atoms with Gasteiger partial charge in [-0.2, -0.15) is 18.9 Å². The second kappa shape index (κ2) is 16.5. The standard InChI is InChI=1S/2CHNO.Cu.H3NO3S/c2*2-1-3;;1-5(2,3)4/h2*3H;;(H3,1,2,3,4). The Morgan fingerprint density at radius 1 is 1.17 bits per heavy atom. The van der Waals surface area contributed by atoms with Crippen molar-refractivity contribution in [2.75, 3.05) is 0 Å². The molecule has 8 nitrogen and oxygen atoms in total. The van der Waals surface area contributed by atoms with E-state index in [2.05, 4.69) is 5.14 Å². The number of aliphatic hydroxyl groups is 2. The SMILES string of the molecule is N#CO.N#CO.NS(=O)(=O)O.[Cu]. The van der Waals surface area contributed by atoms with Gasteiger partial charge in [0.2, 0.25) is 0 Å². The second-order valence-electron chi connectivity index (χ2n) is 0.715.